The van der Waals surface area contributed by atoms with E-state index in [1.807, 2.05) is 12.1 Å². The molecule has 1 N–H and O–H groups in total. The predicted molar refractivity (Wildman–Crippen MR) is 142 cm³/mol. The molecule has 2 atom stereocenters. The van der Waals surface area contributed by atoms with Crippen LogP contribution >= 0.6 is 0 Å². The Labute approximate surface area is 213 Å². The van der Waals surface area contributed by atoms with Crippen LogP contribution in [0.15, 0.2) is 47.5 Å². The zero-order valence-electron chi connectivity index (χ0n) is 21.5. The maximum Gasteiger partial charge on any atom is 0.202 e. The molecule has 2 saturated heterocycles. The zero-order valence-corrected chi connectivity index (χ0v) is 22.3. The highest BCUT2D eigenvalue weighted by molar-refractivity contribution is 7.90. The molecule has 8 heteroatoms. The second kappa shape index (κ2) is 10.2. The summed E-state index contributed by atoms with van der Waals surface area (Å²) in [7, 11) is -3.27. The van der Waals surface area contributed by atoms with Gasteiger partial charge >= 0.3 is 0 Å². The molecule has 194 valence electrons. The summed E-state index contributed by atoms with van der Waals surface area (Å²) in [6, 6.07) is 11.5. The average Bonchev–Trinajstić information content (AvgIpc) is 3.29. The fraction of sp³-hybridized carbons (Fsp3) is 0.536. The largest absolute Gasteiger partial charge is 0.317 e. The molecular formula is C28H37FN4O2S. The number of pyridine rings is 1. The molecule has 5 rings (SSSR count). The van der Waals surface area contributed by atoms with E-state index < -0.39 is 9.84 Å². The zero-order chi connectivity index (χ0) is 25.4. The van der Waals surface area contributed by atoms with E-state index in [4.69, 9.17) is 0 Å². The lowest BCUT2D eigenvalue weighted by atomic mass is 9.81. The molecule has 4 heterocycles. The van der Waals surface area contributed by atoms with E-state index in [0.717, 1.165) is 50.0 Å². The second-order valence-electron chi connectivity index (χ2n) is 11.0. The third-order valence-electron chi connectivity index (χ3n) is 7.90. The Bertz CT molecular complexity index is 1310. The van der Waals surface area contributed by atoms with Crippen molar-refractivity contribution in [1.29, 1.82) is 0 Å². The molecule has 0 bridgehead atoms. The molecule has 3 aromatic rings. The summed E-state index contributed by atoms with van der Waals surface area (Å²) in [5.41, 5.74) is 2.73. The number of aromatic nitrogens is 2. The number of nitrogens with zero attached hydrogens (tertiary/aromatic N) is 3. The van der Waals surface area contributed by atoms with Gasteiger partial charge in [-0.05, 0) is 81.8 Å². The number of fused-ring (bicyclic) bond motifs is 1. The normalized spacial score (nSPS) is 22.5. The molecule has 0 spiro atoms. The number of nitrogens with one attached hydrogen (secondary N) is 1. The fourth-order valence-electron chi connectivity index (χ4n) is 6.10. The van der Waals surface area contributed by atoms with Crippen LogP contribution in [0.3, 0.4) is 0 Å². The SMILES string of the molecule is CC(C)C[C@@H]1CC(c2ccc3nc(-c4ccc(S(C)(=O)=O)cc4)cn3c2F)CCN1C1CCNCC1. The van der Waals surface area contributed by atoms with Crippen molar-refractivity contribution < 1.29 is 12.8 Å². The quantitative estimate of drug-likeness (QED) is 0.477. The molecule has 0 amide bonds. The van der Waals surface area contributed by atoms with Gasteiger partial charge in [-0.1, -0.05) is 32.0 Å². The monoisotopic (exact) mass is 512 g/mol. The molecular weight excluding hydrogens is 475 g/mol. The van der Waals surface area contributed by atoms with E-state index in [2.05, 4.69) is 29.0 Å². The van der Waals surface area contributed by atoms with Crippen molar-refractivity contribution in [3.05, 3.63) is 54.1 Å². The van der Waals surface area contributed by atoms with Crippen molar-refractivity contribution in [1.82, 2.24) is 19.6 Å². The maximum atomic E-state index is 15.9. The minimum Gasteiger partial charge on any atom is -0.317 e. The van der Waals surface area contributed by atoms with Gasteiger partial charge in [-0.3, -0.25) is 9.30 Å². The first kappa shape index (κ1) is 25.4. The van der Waals surface area contributed by atoms with Crippen LogP contribution in [0.2, 0.25) is 0 Å². The van der Waals surface area contributed by atoms with Crippen molar-refractivity contribution in [2.45, 2.75) is 68.8 Å². The molecule has 6 nitrogen and oxygen atoms in total. The first-order valence-corrected chi connectivity index (χ1v) is 15.0. The summed E-state index contributed by atoms with van der Waals surface area (Å²) in [6.45, 7) is 7.76. The van der Waals surface area contributed by atoms with Gasteiger partial charge in [0.05, 0.1) is 10.6 Å². The molecule has 2 fully saturated rings. The van der Waals surface area contributed by atoms with Gasteiger partial charge in [0, 0.05) is 35.7 Å². The van der Waals surface area contributed by atoms with Gasteiger partial charge in [-0.2, -0.15) is 4.39 Å². The first-order valence-electron chi connectivity index (χ1n) is 13.1. The van der Waals surface area contributed by atoms with E-state index in [1.165, 1.54) is 19.1 Å². The minimum atomic E-state index is -3.27. The van der Waals surface area contributed by atoms with E-state index in [1.54, 1.807) is 34.9 Å². The predicted octanol–water partition coefficient (Wildman–Crippen LogP) is 4.89. The Morgan fingerprint density at radius 2 is 1.81 bits per heavy atom. The highest BCUT2D eigenvalue weighted by Crippen LogP contribution is 2.37. The van der Waals surface area contributed by atoms with Crippen LogP contribution in [0.4, 0.5) is 4.39 Å². The number of hydrogen-bond acceptors (Lipinski definition) is 5. The van der Waals surface area contributed by atoms with Gasteiger partial charge in [0.2, 0.25) is 5.95 Å². The maximum absolute atomic E-state index is 15.9. The summed E-state index contributed by atoms with van der Waals surface area (Å²) in [4.78, 5) is 7.59. The summed E-state index contributed by atoms with van der Waals surface area (Å²) in [5.74, 6) is 0.564. The Hall–Kier alpha value is -2.29. The molecule has 0 radical (unpaired) electrons. The van der Waals surface area contributed by atoms with Gasteiger partial charge < -0.3 is 5.32 Å². The van der Waals surface area contributed by atoms with Crippen molar-refractivity contribution in [3.63, 3.8) is 0 Å². The van der Waals surface area contributed by atoms with Crippen molar-refractivity contribution in [2.75, 3.05) is 25.9 Å². The van der Waals surface area contributed by atoms with Crippen LogP contribution in [0.5, 0.6) is 0 Å². The van der Waals surface area contributed by atoms with Crippen LogP contribution in [0.25, 0.3) is 16.9 Å². The molecule has 0 aliphatic carbocycles. The lowest BCUT2D eigenvalue weighted by Crippen LogP contribution is -2.51. The van der Waals surface area contributed by atoms with E-state index in [9.17, 15) is 8.42 Å². The minimum absolute atomic E-state index is 0.191. The van der Waals surface area contributed by atoms with Gasteiger partial charge in [0.1, 0.15) is 5.65 Å². The molecule has 2 aliphatic rings. The van der Waals surface area contributed by atoms with Gasteiger partial charge in [0.15, 0.2) is 9.84 Å². The molecule has 36 heavy (non-hydrogen) atoms. The smallest absolute Gasteiger partial charge is 0.202 e. The summed E-state index contributed by atoms with van der Waals surface area (Å²) in [5, 5.41) is 3.48. The number of rotatable bonds is 6. The molecule has 0 saturated carbocycles. The van der Waals surface area contributed by atoms with E-state index >= 15 is 4.39 Å². The van der Waals surface area contributed by atoms with Gasteiger partial charge in [-0.15, -0.1) is 0 Å². The number of piperidine rings is 2. The summed E-state index contributed by atoms with van der Waals surface area (Å²) >= 11 is 0. The number of hydrogen-bond donors (Lipinski definition) is 1. The van der Waals surface area contributed by atoms with Crippen LogP contribution < -0.4 is 5.32 Å². The van der Waals surface area contributed by atoms with Crippen molar-refractivity contribution >= 4 is 15.5 Å². The Morgan fingerprint density at radius 3 is 2.47 bits per heavy atom. The number of benzene rings is 1. The van der Waals surface area contributed by atoms with Crippen LogP contribution in [0, 0.1) is 11.9 Å². The topological polar surface area (TPSA) is 66.7 Å². The summed E-state index contributed by atoms with van der Waals surface area (Å²) in [6.07, 6.45) is 8.40. The number of sulfone groups is 1. The Kier molecular flexibility index (Phi) is 7.21. The van der Waals surface area contributed by atoms with E-state index in [0.29, 0.717) is 29.3 Å². The second-order valence-corrected chi connectivity index (χ2v) is 13.0. The number of halogens is 1. The number of imidazole rings is 1. The lowest BCUT2D eigenvalue weighted by molar-refractivity contribution is 0.0556. The Balaban J connectivity index is 1.40. The van der Waals surface area contributed by atoms with Crippen molar-refractivity contribution in [3.8, 4) is 11.3 Å². The fourth-order valence-corrected chi connectivity index (χ4v) is 6.73. The third kappa shape index (κ3) is 5.22. The van der Waals surface area contributed by atoms with Crippen LogP contribution in [-0.2, 0) is 9.84 Å². The lowest BCUT2D eigenvalue weighted by Gasteiger charge is -2.46. The molecule has 1 unspecified atom stereocenters. The standard InChI is InChI=1S/C28H37FN4O2S/c1-19(2)16-23-17-21(12-15-32(23)22-10-13-30-14-11-22)25-8-9-27-31-26(18-33(27)28(25)29)20-4-6-24(7-5-20)36(3,34)35/h4-9,18-19,21-23,30H,10-17H2,1-3H3/t21?,23-/m1/s1. The van der Waals surface area contributed by atoms with Crippen molar-refractivity contribution in [2.24, 2.45) is 5.92 Å². The van der Waals surface area contributed by atoms with E-state index in [-0.39, 0.29) is 16.8 Å². The third-order valence-corrected chi connectivity index (χ3v) is 9.02. The Morgan fingerprint density at radius 1 is 1.08 bits per heavy atom. The van der Waals surface area contributed by atoms with Gasteiger partial charge in [0.25, 0.3) is 0 Å². The van der Waals surface area contributed by atoms with Gasteiger partial charge in [-0.25, -0.2) is 13.4 Å². The highest BCUT2D eigenvalue weighted by atomic mass is 32.2. The van der Waals surface area contributed by atoms with Crippen LogP contribution in [-0.4, -0.2) is 60.7 Å². The number of likely N-dealkylation sites (tertiary alicyclic amines) is 1. The first-order chi connectivity index (χ1) is 17.2. The summed E-state index contributed by atoms with van der Waals surface area (Å²) < 4.78 is 41.0. The molecule has 1 aromatic carbocycles. The molecule has 2 aromatic heterocycles. The van der Waals surface area contributed by atoms with Crippen LogP contribution in [0.1, 0.15) is 57.4 Å². The average molecular weight is 513 g/mol. The highest BCUT2D eigenvalue weighted by Gasteiger charge is 2.35. The molecule has 2 aliphatic heterocycles.